The summed E-state index contributed by atoms with van der Waals surface area (Å²) in [5, 5.41) is 7.63. The smallest absolute Gasteiger partial charge is 0.248 e. The van der Waals surface area contributed by atoms with Gasteiger partial charge >= 0.3 is 0 Å². The number of anilines is 2. The van der Waals surface area contributed by atoms with Crippen molar-refractivity contribution in [2.24, 2.45) is 0 Å². The summed E-state index contributed by atoms with van der Waals surface area (Å²) in [5.74, 6) is -0.482. The number of hydrogen-bond acceptors (Lipinski definition) is 4. The quantitative estimate of drug-likeness (QED) is 0.697. The summed E-state index contributed by atoms with van der Waals surface area (Å²) in [5.41, 5.74) is 1.84. The molecule has 0 aliphatic carbocycles. The fourth-order valence-corrected chi connectivity index (χ4v) is 3.15. The Hall–Kier alpha value is -2.64. The van der Waals surface area contributed by atoms with Crippen molar-refractivity contribution < 1.29 is 9.59 Å². The van der Waals surface area contributed by atoms with Gasteiger partial charge in [-0.25, -0.2) is 4.98 Å². The topological polar surface area (TPSA) is 75.5 Å². The van der Waals surface area contributed by atoms with Crippen molar-refractivity contribution in [1.82, 2.24) is 9.38 Å². The molecule has 8 heteroatoms. The van der Waals surface area contributed by atoms with Gasteiger partial charge in [-0.15, -0.1) is 11.3 Å². The molecule has 1 aromatic carbocycles. The lowest BCUT2D eigenvalue weighted by Crippen LogP contribution is -2.09. The van der Waals surface area contributed by atoms with E-state index in [2.05, 4.69) is 15.6 Å². The first kappa shape index (κ1) is 16.2. The van der Waals surface area contributed by atoms with E-state index in [1.807, 2.05) is 16.0 Å². The van der Waals surface area contributed by atoms with Gasteiger partial charge in [0.1, 0.15) is 0 Å². The van der Waals surface area contributed by atoms with Crippen molar-refractivity contribution in [1.29, 1.82) is 0 Å². The Morgan fingerprint density at radius 2 is 2.04 bits per heavy atom. The molecule has 0 atom stereocenters. The molecule has 6 nitrogen and oxygen atoms in total. The lowest BCUT2D eigenvalue weighted by molar-refractivity contribution is -0.114. The number of thiazole rings is 1. The molecule has 3 aromatic rings. The van der Waals surface area contributed by atoms with Crippen LogP contribution in [0.2, 0.25) is 5.15 Å². The minimum Gasteiger partial charge on any atom is -0.326 e. The molecule has 2 heterocycles. The first-order valence-corrected chi connectivity index (χ1v) is 8.26. The molecule has 0 fully saturated rings. The summed E-state index contributed by atoms with van der Waals surface area (Å²) in [6.07, 6.45) is 4.84. The summed E-state index contributed by atoms with van der Waals surface area (Å²) < 4.78 is 1.81. The average molecular weight is 361 g/mol. The van der Waals surface area contributed by atoms with E-state index in [4.69, 9.17) is 11.6 Å². The van der Waals surface area contributed by atoms with Gasteiger partial charge in [0.25, 0.3) is 0 Å². The zero-order valence-corrected chi connectivity index (χ0v) is 14.2. The lowest BCUT2D eigenvalue weighted by atomic mass is 10.2. The fraction of sp³-hybridized carbons (Fsp3) is 0.0625. The molecular formula is C16H13ClN4O2S. The number of carbonyl (C=O) groups excluding carboxylic acids is 2. The van der Waals surface area contributed by atoms with Crippen molar-refractivity contribution in [3.63, 3.8) is 0 Å². The van der Waals surface area contributed by atoms with Crippen LogP contribution in [0.5, 0.6) is 0 Å². The predicted molar refractivity (Wildman–Crippen MR) is 96.5 cm³/mol. The second-order valence-corrected chi connectivity index (χ2v) is 6.16. The highest BCUT2D eigenvalue weighted by Gasteiger charge is 2.09. The third-order valence-corrected chi connectivity index (χ3v) is 4.13. The van der Waals surface area contributed by atoms with Crippen LogP contribution in [0.25, 0.3) is 11.0 Å². The molecule has 122 valence electrons. The molecule has 0 saturated heterocycles. The van der Waals surface area contributed by atoms with Gasteiger partial charge < -0.3 is 10.6 Å². The molecular weight excluding hydrogens is 348 g/mol. The van der Waals surface area contributed by atoms with Gasteiger partial charge in [-0.2, -0.15) is 0 Å². The van der Waals surface area contributed by atoms with Gasteiger partial charge in [0, 0.05) is 36.0 Å². The Morgan fingerprint density at radius 1 is 1.29 bits per heavy atom. The Labute approximate surface area is 146 Å². The summed E-state index contributed by atoms with van der Waals surface area (Å²) >= 11 is 7.54. The van der Waals surface area contributed by atoms with Crippen LogP contribution in [0.15, 0.2) is 41.9 Å². The number of aromatic nitrogens is 2. The predicted octanol–water partition coefficient (Wildman–Crippen LogP) is 3.66. The van der Waals surface area contributed by atoms with E-state index in [1.54, 1.807) is 30.3 Å². The van der Waals surface area contributed by atoms with Crippen LogP contribution in [0, 0.1) is 0 Å². The van der Waals surface area contributed by atoms with Crippen molar-refractivity contribution in [2.45, 2.75) is 6.92 Å². The SMILES string of the molecule is CC(=O)Nc1cccc(NC(=O)/C=C/c2c(Cl)nc3sccn23)c1. The van der Waals surface area contributed by atoms with E-state index in [-0.39, 0.29) is 11.8 Å². The standard InChI is InChI=1S/C16H13ClN4O2S/c1-10(22)18-11-3-2-4-12(9-11)19-14(23)6-5-13-15(17)20-16-21(13)7-8-24-16/h2-9H,1H3,(H,18,22)(H,19,23)/b6-5+. The molecule has 3 rings (SSSR count). The van der Waals surface area contributed by atoms with E-state index in [0.29, 0.717) is 22.2 Å². The molecule has 2 amide bonds. The third-order valence-electron chi connectivity index (χ3n) is 3.10. The van der Waals surface area contributed by atoms with E-state index >= 15 is 0 Å². The van der Waals surface area contributed by atoms with Gasteiger partial charge in [0.05, 0.1) is 5.69 Å². The maximum Gasteiger partial charge on any atom is 0.248 e. The minimum atomic E-state index is -0.309. The molecule has 0 unspecified atom stereocenters. The van der Waals surface area contributed by atoms with Gasteiger partial charge in [-0.1, -0.05) is 17.7 Å². The van der Waals surface area contributed by atoms with Crippen molar-refractivity contribution in [3.8, 4) is 0 Å². The Morgan fingerprint density at radius 3 is 2.79 bits per heavy atom. The van der Waals surface area contributed by atoms with E-state index in [9.17, 15) is 9.59 Å². The highest BCUT2D eigenvalue weighted by molar-refractivity contribution is 7.15. The normalized spacial score (nSPS) is 11.1. The minimum absolute atomic E-state index is 0.173. The van der Waals surface area contributed by atoms with Crippen molar-refractivity contribution in [3.05, 3.63) is 52.8 Å². The summed E-state index contributed by atoms with van der Waals surface area (Å²) in [4.78, 5) is 28.1. The largest absolute Gasteiger partial charge is 0.326 e. The maximum absolute atomic E-state index is 12.1. The van der Waals surface area contributed by atoms with Crippen molar-refractivity contribution in [2.75, 3.05) is 10.6 Å². The zero-order valence-electron chi connectivity index (χ0n) is 12.6. The fourth-order valence-electron chi connectivity index (χ4n) is 2.14. The van der Waals surface area contributed by atoms with Crippen LogP contribution in [-0.4, -0.2) is 21.2 Å². The Kier molecular flexibility index (Phi) is 4.64. The molecule has 0 radical (unpaired) electrons. The van der Waals surface area contributed by atoms with Gasteiger partial charge in [0.15, 0.2) is 10.1 Å². The van der Waals surface area contributed by atoms with E-state index < -0.39 is 0 Å². The number of carbonyl (C=O) groups is 2. The molecule has 0 bridgehead atoms. The van der Waals surface area contributed by atoms with Crippen LogP contribution in [-0.2, 0) is 9.59 Å². The Bertz CT molecular complexity index is 945. The third kappa shape index (κ3) is 3.64. The molecule has 0 saturated carbocycles. The number of nitrogens with one attached hydrogen (secondary N) is 2. The van der Waals surface area contributed by atoms with Gasteiger partial charge in [-0.05, 0) is 24.3 Å². The number of imidazole rings is 1. The summed E-state index contributed by atoms with van der Waals surface area (Å²) in [6.45, 7) is 1.43. The molecule has 0 aliphatic rings. The van der Waals surface area contributed by atoms with Crippen LogP contribution in [0.3, 0.4) is 0 Å². The van der Waals surface area contributed by atoms with Crippen LogP contribution in [0.4, 0.5) is 11.4 Å². The number of amides is 2. The molecule has 0 aliphatic heterocycles. The number of benzene rings is 1. The average Bonchev–Trinajstić information content (AvgIpc) is 3.05. The second-order valence-electron chi connectivity index (χ2n) is 4.93. The molecule has 0 spiro atoms. The van der Waals surface area contributed by atoms with Gasteiger partial charge in [-0.3, -0.25) is 14.0 Å². The molecule has 2 aromatic heterocycles. The number of fused-ring (bicyclic) bond motifs is 1. The number of halogens is 1. The lowest BCUT2D eigenvalue weighted by Gasteiger charge is -2.06. The number of rotatable bonds is 4. The first-order valence-electron chi connectivity index (χ1n) is 7.01. The summed E-state index contributed by atoms with van der Waals surface area (Å²) in [6, 6.07) is 6.90. The highest BCUT2D eigenvalue weighted by Crippen LogP contribution is 2.22. The van der Waals surface area contributed by atoms with Crippen LogP contribution < -0.4 is 10.6 Å². The van der Waals surface area contributed by atoms with Gasteiger partial charge in [0.2, 0.25) is 11.8 Å². The molecule has 2 N–H and O–H groups in total. The first-order chi connectivity index (χ1) is 11.5. The summed E-state index contributed by atoms with van der Waals surface area (Å²) in [7, 11) is 0. The Balaban J connectivity index is 1.72. The second kappa shape index (κ2) is 6.86. The van der Waals surface area contributed by atoms with Crippen molar-refractivity contribution >= 4 is 57.2 Å². The van der Waals surface area contributed by atoms with E-state index in [1.165, 1.54) is 24.3 Å². The maximum atomic E-state index is 12.1. The zero-order chi connectivity index (χ0) is 17.1. The number of hydrogen-bond donors (Lipinski definition) is 2. The van der Waals surface area contributed by atoms with Crippen LogP contribution >= 0.6 is 22.9 Å². The highest BCUT2D eigenvalue weighted by atomic mass is 35.5. The number of nitrogens with zero attached hydrogens (tertiary/aromatic N) is 2. The van der Waals surface area contributed by atoms with E-state index in [0.717, 1.165) is 4.96 Å². The van der Waals surface area contributed by atoms with Crippen LogP contribution in [0.1, 0.15) is 12.6 Å². The monoisotopic (exact) mass is 360 g/mol. The molecule has 24 heavy (non-hydrogen) atoms.